The zero-order valence-corrected chi connectivity index (χ0v) is 22.6. The summed E-state index contributed by atoms with van der Waals surface area (Å²) in [6.07, 6.45) is 0. The van der Waals surface area contributed by atoms with Gasteiger partial charge in [-0.1, -0.05) is 72.8 Å². The summed E-state index contributed by atoms with van der Waals surface area (Å²) in [6, 6.07) is 40.6. The second kappa shape index (κ2) is 8.60. The summed E-state index contributed by atoms with van der Waals surface area (Å²) in [5.41, 5.74) is 8.79. The third-order valence-electron chi connectivity index (χ3n) is 8.46. The van der Waals surface area contributed by atoms with E-state index < -0.39 is 0 Å². The molecule has 0 unspecified atom stereocenters. The molecule has 43 heavy (non-hydrogen) atoms. The molecule has 6 aromatic carbocycles. The molecule has 198 valence electrons. The van der Waals surface area contributed by atoms with E-state index in [-0.39, 0.29) is 0 Å². The summed E-state index contributed by atoms with van der Waals surface area (Å²) in [7, 11) is 0. The fourth-order valence-corrected chi connectivity index (χ4v) is 6.57. The zero-order valence-electron chi connectivity index (χ0n) is 22.6. The van der Waals surface area contributed by atoms with Crippen LogP contribution in [0.4, 0.5) is 5.69 Å². The molecule has 0 saturated heterocycles. The van der Waals surface area contributed by atoms with Crippen LogP contribution in [-0.2, 0) is 0 Å². The molecule has 3 aromatic heterocycles. The highest BCUT2D eigenvalue weighted by Gasteiger charge is 2.21. The topological polar surface area (TPSA) is 59.4 Å². The Morgan fingerprint density at radius 1 is 0.628 bits per heavy atom. The number of rotatable bonds is 2. The first-order valence-electron chi connectivity index (χ1n) is 13.9. The maximum Gasteiger partial charge on any atom is 0.229 e. The highest BCUT2D eigenvalue weighted by Crippen LogP contribution is 2.45. The summed E-state index contributed by atoms with van der Waals surface area (Å²) < 4.78 is 14.9. The van der Waals surface area contributed by atoms with Gasteiger partial charge in [-0.25, -0.2) is 4.85 Å². The van der Waals surface area contributed by atoms with Gasteiger partial charge in [0.15, 0.2) is 5.58 Å². The monoisotopic (exact) mass is 549 g/mol. The molecule has 0 amide bonds. The van der Waals surface area contributed by atoms with Gasteiger partial charge in [0.1, 0.15) is 16.7 Å². The second-order valence-electron chi connectivity index (χ2n) is 10.7. The third kappa shape index (κ3) is 3.19. The Balaban J connectivity index is 1.38. The molecule has 0 spiro atoms. The second-order valence-corrected chi connectivity index (χ2v) is 10.7. The number of furan rings is 2. The number of benzene rings is 6. The summed E-state index contributed by atoms with van der Waals surface area (Å²) >= 11 is 0. The van der Waals surface area contributed by atoms with Crippen molar-refractivity contribution in [2.24, 2.45) is 0 Å². The lowest BCUT2D eigenvalue weighted by Crippen LogP contribution is -1.94. The Kier molecular flexibility index (Phi) is 4.68. The number of hydrogen-bond acceptors (Lipinski definition) is 3. The zero-order chi connectivity index (χ0) is 28.7. The fraction of sp³-hybridized carbons (Fsp3) is 0. The molecule has 0 aliphatic rings. The van der Waals surface area contributed by atoms with Crippen molar-refractivity contribution in [3.8, 4) is 22.9 Å². The van der Waals surface area contributed by atoms with Crippen molar-refractivity contribution >= 4 is 71.4 Å². The van der Waals surface area contributed by atoms with Crippen molar-refractivity contribution in [2.75, 3.05) is 0 Å². The Morgan fingerprint density at radius 3 is 2.30 bits per heavy atom. The normalized spacial score (nSPS) is 11.7. The molecule has 5 nitrogen and oxygen atoms in total. The minimum Gasteiger partial charge on any atom is -0.465 e. The predicted molar refractivity (Wildman–Crippen MR) is 172 cm³/mol. The van der Waals surface area contributed by atoms with Crippen molar-refractivity contribution in [2.45, 2.75) is 0 Å². The quantitative estimate of drug-likeness (QED) is 0.202. The predicted octanol–water partition coefficient (Wildman–Crippen LogP) is 10.7. The maximum atomic E-state index is 9.70. The van der Waals surface area contributed by atoms with Crippen LogP contribution in [0, 0.1) is 17.9 Å². The molecular formula is C38H19N3O2. The molecule has 0 N–H and O–H groups in total. The largest absolute Gasteiger partial charge is 0.465 e. The van der Waals surface area contributed by atoms with Gasteiger partial charge in [0.25, 0.3) is 0 Å². The number of fused-ring (bicyclic) bond motifs is 9. The van der Waals surface area contributed by atoms with Gasteiger partial charge >= 0.3 is 0 Å². The first kappa shape index (κ1) is 23.4. The Bertz CT molecular complexity index is 2710. The van der Waals surface area contributed by atoms with Gasteiger partial charge in [0, 0.05) is 32.3 Å². The third-order valence-corrected chi connectivity index (χ3v) is 8.46. The molecule has 0 atom stereocenters. The van der Waals surface area contributed by atoms with Gasteiger partial charge in [-0.2, -0.15) is 5.26 Å². The van der Waals surface area contributed by atoms with Crippen molar-refractivity contribution < 1.29 is 8.83 Å². The Labute approximate surface area is 244 Å². The summed E-state index contributed by atoms with van der Waals surface area (Å²) in [5, 5.41) is 15.8. The molecule has 3 heterocycles. The van der Waals surface area contributed by atoms with E-state index in [1.807, 2.05) is 78.9 Å². The lowest BCUT2D eigenvalue weighted by atomic mass is 9.97. The van der Waals surface area contributed by atoms with Crippen LogP contribution in [-0.4, -0.2) is 4.57 Å². The maximum absolute atomic E-state index is 9.70. The van der Waals surface area contributed by atoms with Gasteiger partial charge < -0.3 is 13.4 Å². The average molecular weight is 550 g/mol. The Morgan fingerprint density at radius 2 is 1.42 bits per heavy atom. The summed E-state index contributed by atoms with van der Waals surface area (Å²) in [4.78, 5) is 3.82. The van der Waals surface area contributed by atoms with Crippen molar-refractivity contribution in [3.63, 3.8) is 0 Å². The molecule has 0 bridgehead atoms. The van der Waals surface area contributed by atoms with E-state index in [2.05, 4.69) is 51.9 Å². The molecule has 9 aromatic rings. The van der Waals surface area contributed by atoms with E-state index in [0.29, 0.717) is 22.4 Å². The van der Waals surface area contributed by atoms with Crippen LogP contribution in [0.1, 0.15) is 5.56 Å². The molecule has 0 fully saturated rings. The number of nitriles is 1. The van der Waals surface area contributed by atoms with Gasteiger partial charge in [0.05, 0.1) is 34.9 Å². The smallest absolute Gasteiger partial charge is 0.229 e. The number of para-hydroxylation sites is 3. The van der Waals surface area contributed by atoms with Crippen molar-refractivity contribution in [1.29, 1.82) is 5.26 Å². The van der Waals surface area contributed by atoms with Crippen molar-refractivity contribution in [1.82, 2.24) is 4.57 Å². The van der Waals surface area contributed by atoms with E-state index in [1.54, 1.807) is 0 Å². The number of hydrogen-bond donors (Lipinski definition) is 0. The van der Waals surface area contributed by atoms with E-state index >= 15 is 0 Å². The molecule has 0 radical (unpaired) electrons. The molecular weight excluding hydrogens is 530 g/mol. The van der Waals surface area contributed by atoms with Crippen LogP contribution >= 0.6 is 0 Å². The first-order chi connectivity index (χ1) is 21.2. The first-order valence-corrected chi connectivity index (χ1v) is 13.9. The van der Waals surface area contributed by atoms with Gasteiger partial charge in [-0.3, -0.25) is 0 Å². The standard InChI is InChI=1S/C38H19N3O2/c1-40-30-17-16-24(23-14-18-35-29(20-23)27-8-3-5-12-34(27)42-35)36-28-9-6-11-32(37(28)43-38(30)36)41-31-10-4-2-7-25(31)26-15-13-22(21-39)19-33(26)41/h2-20H. The van der Waals surface area contributed by atoms with E-state index in [0.717, 1.165) is 71.3 Å². The van der Waals surface area contributed by atoms with Crippen molar-refractivity contribution in [3.05, 3.63) is 132 Å². The molecule has 9 rings (SSSR count). The fourth-order valence-electron chi connectivity index (χ4n) is 6.57. The minimum absolute atomic E-state index is 0.463. The SMILES string of the molecule is [C-]#[N+]c1ccc(-c2ccc3oc4ccccc4c3c2)c2c1oc1c(-n3c4ccccc4c4ccc(C#N)cc43)cccc12. The van der Waals surface area contributed by atoms with Gasteiger partial charge in [-0.15, -0.1) is 0 Å². The lowest BCUT2D eigenvalue weighted by molar-refractivity contribution is 0.668. The number of nitrogens with zero attached hydrogens (tertiary/aromatic N) is 3. The highest BCUT2D eigenvalue weighted by atomic mass is 16.3. The molecule has 0 aliphatic heterocycles. The van der Waals surface area contributed by atoms with E-state index in [9.17, 15) is 5.26 Å². The van der Waals surface area contributed by atoms with Crippen LogP contribution in [0.5, 0.6) is 0 Å². The van der Waals surface area contributed by atoms with Gasteiger partial charge in [-0.05, 0) is 53.6 Å². The van der Waals surface area contributed by atoms with Crippen LogP contribution < -0.4 is 0 Å². The van der Waals surface area contributed by atoms with Gasteiger partial charge in [0.2, 0.25) is 5.69 Å². The van der Waals surface area contributed by atoms with E-state index in [4.69, 9.17) is 15.4 Å². The molecule has 0 saturated carbocycles. The van der Waals surface area contributed by atoms with Crippen LogP contribution in [0.15, 0.2) is 124 Å². The lowest BCUT2D eigenvalue weighted by Gasteiger charge is -2.09. The molecule has 5 heteroatoms. The Hall–Kier alpha value is -6.30. The average Bonchev–Trinajstić information content (AvgIpc) is 3.73. The van der Waals surface area contributed by atoms with E-state index in [1.165, 1.54) is 0 Å². The number of aromatic nitrogens is 1. The minimum atomic E-state index is 0.463. The van der Waals surface area contributed by atoms with Crippen LogP contribution in [0.2, 0.25) is 0 Å². The highest BCUT2D eigenvalue weighted by molar-refractivity contribution is 6.19. The summed E-state index contributed by atoms with van der Waals surface area (Å²) in [5.74, 6) is 0. The summed E-state index contributed by atoms with van der Waals surface area (Å²) in [6.45, 7) is 7.92. The van der Waals surface area contributed by atoms with Crippen LogP contribution in [0.3, 0.4) is 0 Å². The van der Waals surface area contributed by atoms with Crippen LogP contribution in [0.25, 0.3) is 87.3 Å². The molecule has 0 aliphatic carbocycles.